The quantitative estimate of drug-likeness (QED) is 0.478. The molecule has 8 heteroatoms. The zero-order chi connectivity index (χ0) is 17.2. The number of halogens is 1. The Balaban J connectivity index is 1.69. The number of para-hydroxylation sites is 1. The second kappa shape index (κ2) is 6.89. The molecule has 25 heavy (non-hydrogen) atoms. The molecule has 0 aliphatic rings. The van der Waals surface area contributed by atoms with Gasteiger partial charge in [-0.15, -0.1) is 10.2 Å². The number of rotatable bonds is 5. The molecule has 0 amide bonds. The van der Waals surface area contributed by atoms with Crippen LogP contribution in [0, 0.1) is 0 Å². The average Bonchev–Trinajstić information content (AvgIpc) is 3.21. The van der Waals surface area contributed by atoms with Gasteiger partial charge >= 0.3 is 0 Å². The predicted octanol–water partition coefficient (Wildman–Crippen LogP) is 4.54. The van der Waals surface area contributed by atoms with E-state index in [0.29, 0.717) is 5.82 Å². The molecule has 3 heterocycles. The van der Waals surface area contributed by atoms with Crippen LogP contribution in [-0.4, -0.2) is 24.8 Å². The molecule has 6 nitrogen and oxygen atoms in total. The van der Waals surface area contributed by atoms with E-state index in [9.17, 15) is 0 Å². The number of nitrogens with zero attached hydrogens (tertiary/aromatic N) is 5. The first-order valence-electron chi connectivity index (χ1n) is 7.79. The molecule has 0 saturated carbocycles. The lowest BCUT2D eigenvalue weighted by molar-refractivity contribution is 0.199. The smallest absolute Gasteiger partial charge is 0.235 e. The summed E-state index contributed by atoms with van der Waals surface area (Å²) < 4.78 is 8.72. The van der Waals surface area contributed by atoms with E-state index in [0.717, 1.165) is 32.2 Å². The van der Waals surface area contributed by atoms with Crippen molar-refractivity contribution in [2.45, 2.75) is 19.4 Å². The van der Waals surface area contributed by atoms with E-state index in [-0.39, 0.29) is 6.10 Å². The Morgan fingerprint density at radius 2 is 2.04 bits per heavy atom. The number of aromatic nitrogens is 5. The lowest BCUT2D eigenvalue weighted by Gasteiger charge is -2.14. The van der Waals surface area contributed by atoms with Crippen LogP contribution in [-0.2, 0) is 0 Å². The number of benzene rings is 1. The minimum absolute atomic E-state index is 0.123. The summed E-state index contributed by atoms with van der Waals surface area (Å²) in [5.41, 5.74) is 0.857. The van der Waals surface area contributed by atoms with Crippen molar-refractivity contribution >= 4 is 32.2 Å². The molecule has 0 radical (unpaired) electrons. The molecule has 0 bridgehead atoms. The van der Waals surface area contributed by atoms with Crippen LogP contribution in [0.5, 0.6) is 5.75 Å². The van der Waals surface area contributed by atoms with E-state index in [2.05, 4.69) is 43.1 Å². The fourth-order valence-electron chi connectivity index (χ4n) is 2.45. The number of fused-ring (bicyclic) bond motifs is 1. The van der Waals surface area contributed by atoms with Crippen LogP contribution in [0.4, 0.5) is 0 Å². The van der Waals surface area contributed by atoms with Crippen LogP contribution >= 0.6 is 27.3 Å². The molecular weight excluding hydrogens is 402 g/mol. The topological polar surface area (TPSA) is 65.2 Å². The maximum absolute atomic E-state index is 6.08. The maximum atomic E-state index is 6.08. The SMILES string of the molecule is CC[C@H](Oc1ccccc1)c1nn2c(-c3cncc(Br)c3)nnc2s1. The van der Waals surface area contributed by atoms with Gasteiger partial charge in [0.15, 0.2) is 16.9 Å². The number of hydrogen-bond acceptors (Lipinski definition) is 6. The van der Waals surface area contributed by atoms with Gasteiger partial charge in [-0.1, -0.05) is 36.5 Å². The number of ether oxygens (including phenoxy) is 1. The fraction of sp³-hybridized carbons (Fsp3) is 0.176. The molecule has 4 aromatic rings. The second-order valence-electron chi connectivity index (χ2n) is 5.38. The van der Waals surface area contributed by atoms with Gasteiger partial charge in [-0.25, -0.2) is 0 Å². The summed E-state index contributed by atoms with van der Waals surface area (Å²) in [5.74, 6) is 1.50. The van der Waals surface area contributed by atoms with E-state index in [1.165, 1.54) is 11.3 Å². The third-order valence-corrected chi connectivity index (χ3v) is 5.06. The minimum atomic E-state index is -0.123. The van der Waals surface area contributed by atoms with Crippen molar-refractivity contribution in [3.8, 4) is 17.1 Å². The molecule has 0 saturated heterocycles. The Labute approximate surface area is 156 Å². The summed E-state index contributed by atoms with van der Waals surface area (Å²) >= 11 is 4.92. The van der Waals surface area contributed by atoms with E-state index in [4.69, 9.17) is 4.74 Å². The number of pyridine rings is 1. The highest BCUT2D eigenvalue weighted by molar-refractivity contribution is 9.10. The Bertz CT molecular complexity index is 1000. The Kier molecular flexibility index (Phi) is 4.46. The normalized spacial score (nSPS) is 12.4. The van der Waals surface area contributed by atoms with Gasteiger partial charge in [0.1, 0.15) is 5.75 Å². The highest BCUT2D eigenvalue weighted by Crippen LogP contribution is 2.30. The van der Waals surface area contributed by atoms with Crippen LogP contribution in [0.2, 0.25) is 0 Å². The molecule has 1 aromatic carbocycles. The van der Waals surface area contributed by atoms with Crippen molar-refractivity contribution in [3.05, 3.63) is 58.3 Å². The van der Waals surface area contributed by atoms with E-state index in [1.807, 2.05) is 36.4 Å². The van der Waals surface area contributed by atoms with Gasteiger partial charge in [-0.3, -0.25) is 4.98 Å². The van der Waals surface area contributed by atoms with E-state index >= 15 is 0 Å². The Hall–Kier alpha value is -2.32. The van der Waals surface area contributed by atoms with Gasteiger partial charge in [-0.2, -0.15) is 9.61 Å². The lowest BCUT2D eigenvalue weighted by Crippen LogP contribution is -2.07. The van der Waals surface area contributed by atoms with Gasteiger partial charge in [0, 0.05) is 22.4 Å². The molecule has 0 N–H and O–H groups in total. The van der Waals surface area contributed by atoms with Crippen LogP contribution in [0.3, 0.4) is 0 Å². The third-order valence-electron chi connectivity index (χ3n) is 3.64. The first kappa shape index (κ1) is 16.2. The van der Waals surface area contributed by atoms with Crippen molar-refractivity contribution in [1.29, 1.82) is 0 Å². The summed E-state index contributed by atoms with van der Waals surface area (Å²) in [6, 6.07) is 11.7. The molecule has 3 aromatic heterocycles. The Morgan fingerprint density at radius 3 is 2.80 bits per heavy atom. The summed E-state index contributed by atoms with van der Waals surface area (Å²) in [7, 11) is 0. The van der Waals surface area contributed by atoms with Crippen LogP contribution in [0.15, 0.2) is 53.3 Å². The summed E-state index contributed by atoms with van der Waals surface area (Å²) in [6.45, 7) is 2.08. The van der Waals surface area contributed by atoms with E-state index < -0.39 is 0 Å². The average molecular weight is 416 g/mol. The lowest BCUT2D eigenvalue weighted by atomic mass is 10.3. The van der Waals surface area contributed by atoms with Gasteiger partial charge < -0.3 is 4.74 Å². The highest BCUT2D eigenvalue weighted by Gasteiger charge is 2.20. The second-order valence-corrected chi connectivity index (χ2v) is 7.28. The van der Waals surface area contributed by atoms with Crippen LogP contribution in [0.25, 0.3) is 16.3 Å². The fourth-order valence-corrected chi connectivity index (χ4v) is 3.76. The molecule has 0 fully saturated rings. The zero-order valence-electron chi connectivity index (χ0n) is 13.3. The van der Waals surface area contributed by atoms with Gasteiger partial charge in [0.2, 0.25) is 4.96 Å². The number of hydrogen-bond donors (Lipinski definition) is 0. The Morgan fingerprint density at radius 1 is 1.20 bits per heavy atom. The standard InChI is InChI=1S/C17H14BrN5OS/c1-2-14(24-13-6-4-3-5-7-13)16-22-23-15(20-21-17(23)25-16)11-8-12(18)10-19-9-11/h3-10,14H,2H2,1H3/t14-/m0/s1. The van der Waals surface area contributed by atoms with Crippen molar-refractivity contribution in [1.82, 2.24) is 24.8 Å². The molecule has 4 rings (SSSR count). The monoisotopic (exact) mass is 415 g/mol. The molecule has 0 aliphatic carbocycles. The first-order valence-corrected chi connectivity index (χ1v) is 9.40. The molecule has 126 valence electrons. The van der Waals surface area contributed by atoms with Crippen molar-refractivity contribution < 1.29 is 4.74 Å². The van der Waals surface area contributed by atoms with Crippen molar-refractivity contribution in [2.75, 3.05) is 0 Å². The summed E-state index contributed by atoms with van der Waals surface area (Å²) in [4.78, 5) is 4.92. The summed E-state index contributed by atoms with van der Waals surface area (Å²) in [6.07, 6.45) is 4.17. The van der Waals surface area contributed by atoms with Crippen molar-refractivity contribution in [3.63, 3.8) is 0 Å². The van der Waals surface area contributed by atoms with Crippen LogP contribution in [0.1, 0.15) is 24.5 Å². The molecule has 0 aliphatic heterocycles. The van der Waals surface area contributed by atoms with Gasteiger partial charge in [0.05, 0.1) is 0 Å². The maximum Gasteiger partial charge on any atom is 0.235 e. The molecule has 0 spiro atoms. The minimum Gasteiger partial charge on any atom is -0.483 e. The van der Waals surface area contributed by atoms with Gasteiger partial charge in [0.25, 0.3) is 0 Å². The van der Waals surface area contributed by atoms with Crippen LogP contribution < -0.4 is 4.74 Å². The zero-order valence-corrected chi connectivity index (χ0v) is 15.7. The molecule has 1 atom stereocenters. The van der Waals surface area contributed by atoms with E-state index in [1.54, 1.807) is 16.9 Å². The summed E-state index contributed by atoms with van der Waals surface area (Å²) in [5, 5.41) is 14.0. The highest BCUT2D eigenvalue weighted by atomic mass is 79.9. The largest absolute Gasteiger partial charge is 0.483 e. The first-order chi connectivity index (χ1) is 12.2. The molecule has 0 unspecified atom stereocenters. The van der Waals surface area contributed by atoms with Gasteiger partial charge in [-0.05, 0) is 40.5 Å². The molecular formula is C17H14BrN5OS. The third kappa shape index (κ3) is 3.27. The van der Waals surface area contributed by atoms with Crippen molar-refractivity contribution in [2.24, 2.45) is 0 Å². The predicted molar refractivity (Wildman–Crippen MR) is 99.7 cm³/mol.